The monoisotopic (exact) mass is 307 g/mol. The number of hydrogen-bond acceptors (Lipinski definition) is 7. The van der Waals surface area contributed by atoms with Gasteiger partial charge in [0.05, 0.1) is 19.0 Å². The molecule has 3 atom stereocenters. The standard InChI is InChI=1S/C13H14FN5O3/c1-2-3-13(5-20)7(21)4-8(22-13)19-6-16-9-10(15)17-12(14)18-11(9)19/h3,6-8,20-21H,1,4-5H2,(H2,15,17,18). The number of aliphatic hydroxyl groups excluding tert-OH is 2. The second-order valence-corrected chi connectivity index (χ2v) is 4.99. The van der Waals surface area contributed by atoms with Crippen molar-refractivity contribution in [3.8, 4) is 0 Å². The summed E-state index contributed by atoms with van der Waals surface area (Å²) in [5.74, 6) is -0.0841. The highest BCUT2D eigenvalue weighted by Gasteiger charge is 2.47. The van der Waals surface area contributed by atoms with E-state index < -0.39 is 30.6 Å². The molecule has 0 saturated carbocycles. The summed E-state index contributed by atoms with van der Waals surface area (Å²) in [4.78, 5) is 11.1. The number of ether oxygens (including phenoxy) is 1. The highest BCUT2D eigenvalue weighted by molar-refractivity contribution is 5.81. The van der Waals surface area contributed by atoms with Crippen molar-refractivity contribution in [3.05, 3.63) is 30.8 Å². The molecule has 4 N–H and O–H groups in total. The van der Waals surface area contributed by atoms with E-state index in [1.54, 1.807) is 0 Å². The molecule has 0 radical (unpaired) electrons. The molecule has 1 aliphatic heterocycles. The Labute approximate surface area is 124 Å². The minimum absolute atomic E-state index is 0.0841. The maximum atomic E-state index is 13.4. The lowest BCUT2D eigenvalue weighted by Gasteiger charge is -2.25. The fraction of sp³-hybridized carbons (Fsp3) is 0.385. The van der Waals surface area contributed by atoms with Crippen LogP contribution in [0.3, 0.4) is 0 Å². The number of nitrogen functional groups attached to an aromatic ring is 1. The smallest absolute Gasteiger partial charge is 0.312 e. The van der Waals surface area contributed by atoms with Gasteiger partial charge in [-0.2, -0.15) is 14.4 Å². The number of rotatable bonds is 3. The van der Waals surface area contributed by atoms with Gasteiger partial charge in [0.1, 0.15) is 11.8 Å². The quantitative estimate of drug-likeness (QED) is 0.535. The molecule has 1 fully saturated rings. The first-order valence-corrected chi connectivity index (χ1v) is 6.50. The van der Waals surface area contributed by atoms with Crippen molar-refractivity contribution in [1.29, 1.82) is 0 Å². The Balaban J connectivity index is 2.05. The summed E-state index contributed by atoms with van der Waals surface area (Å²) in [5.41, 5.74) is 7.17. The van der Waals surface area contributed by atoms with E-state index >= 15 is 0 Å². The van der Waals surface area contributed by atoms with Crippen LogP contribution in [0.2, 0.25) is 0 Å². The number of nitrogens with zero attached hydrogens (tertiary/aromatic N) is 4. The second kappa shape index (κ2) is 5.15. The molecule has 3 rings (SSSR count). The molecule has 22 heavy (non-hydrogen) atoms. The van der Waals surface area contributed by atoms with Gasteiger partial charge in [0.2, 0.25) is 0 Å². The molecule has 116 valence electrons. The predicted molar refractivity (Wildman–Crippen MR) is 74.0 cm³/mol. The van der Waals surface area contributed by atoms with Crippen LogP contribution in [0.15, 0.2) is 24.7 Å². The second-order valence-electron chi connectivity index (χ2n) is 4.99. The first-order chi connectivity index (χ1) is 10.5. The van der Waals surface area contributed by atoms with Gasteiger partial charge in [-0.05, 0) is 6.08 Å². The number of hydrogen-bond donors (Lipinski definition) is 3. The molecule has 3 unspecified atom stereocenters. The van der Waals surface area contributed by atoms with Gasteiger partial charge >= 0.3 is 6.08 Å². The summed E-state index contributed by atoms with van der Waals surface area (Å²) in [6, 6.07) is 0. The van der Waals surface area contributed by atoms with Crippen LogP contribution in [0.1, 0.15) is 12.6 Å². The molecule has 1 aliphatic rings. The average molecular weight is 307 g/mol. The van der Waals surface area contributed by atoms with E-state index in [9.17, 15) is 14.6 Å². The molecule has 0 spiro atoms. The maximum Gasteiger partial charge on any atom is 0.312 e. The number of aromatic nitrogens is 4. The van der Waals surface area contributed by atoms with Crippen LogP contribution in [0, 0.1) is 6.08 Å². The minimum Gasteiger partial charge on any atom is -0.393 e. The number of nitrogens with two attached hydrogens (primary N) is 1. The average Bonchev–Trinajstić information content (AvgIpc) is 3.02. The van der Waals surface area contributed by atoms with Crippen molar-refractivity contribution in [3.63, 3.8) is 0 Å². The summed E-state index contributed by atoms with van der Waals surface area (Å²) < 4.78 is 20.5. The van der Waals surface area contributed by atoms with Gasteiger partial charge in [0, 0.05) is 6.42 Å². The SMILES string of the molecule is C=C=CC1(CO)OC(n2cnc3c(N)nc(F)nc32)CC1O. The molecule has 2 aromatic rings. The van der Waals surface area contributed by atoms with Crippen LogP contribution >= 0.6 is 0 Å². The van der Waals surface area contributed by atoms with Gasteiger partial charge in [-0.25, -0.2) is 4.98 Å². The zero-order valence-electron chi connectivity index (χ0n) is 11.5. The van der Waals surface area contributed by atoms with Crippen molar-refractivity contribution in [2.45, 2.75) is 24.4 Å². The first kappa shape index (κ1) is 14.6. The van der Waals surface area contributed by atoms with Gasteiger partial charge in [-0.1, -0.05) is 6.58 Å². The summed E-state index contributed by atoms with van der Waals surface area (Å²) in [7, 11) is 0. The third kappa shape index (κ3) is 2.08. The Bertz CT molecular complexity index is 772. The summed E-state index contributed by atoms with van der Waals surface area (Å²) in [6.45, 7) is 2.97. The lowest BCUT2D eigenvalue weighted by Crippen LogP contribution is -2.40. The summed E-state index contributed by atoms with van der Waals surface area (Å²) in [5, 5.41) is 19.7. The third-order valence-electron chi connectivity index (χ3n) is 3.67. The van der Waals surface area contributed by atoms with Crippen LogP contribution < -0.4 is 5.73 Å². The van der Waals surface area contributed by atoms with Crippen LogP contribution in [0.4, 0.5) is 10.2 Å². The third-order valence-corrected chi connectivity index (χ3v) is 3.67. The normalized spacial score (nSPS) is 28.0. The van der Waals surface area contributed by atoms with Crippen LogP contribution in [0.25, 0.3) is 11.2 Å². The van der Waals surface area contributed by atoms with Gasteiger partial charge in [-0.3, -0.25) is 4.57 Å². The maximum absolute atomic E-state index is 13.4. The van der Waals surface area contributed by atoms with Gasteiger partial charge < -0.3 is 20.7 Å². The van der Waals surface area contributed by atoms with E-state index in [4.69, 9.17) is 10.5 Å². The van der Waals surface area contributed by atoms with E-state index in [1.165, 1.54) is 17.0 Å². The van der Waals surface area contributed by atoms with Crippen LogP contribution in [-0.4, -0.2) is 48.0 Å². The molecule has 9 heteroatoms. The molecular formula is C13H14FN5O3. The van der Waals surface area contributed by atoms with Gasteiger partial charge in [-0.15, -0.1) is 5.73 Å². The fourth-order valence-corrected chi connectivity index (χ4v) is 2.55. The molecule has 3 heterocycles. The number of anilines is 1. The van der Waals surface area contributed by atoms with Crippen LogP contribution in [-0.2, 0) is 4.74 Å². The van der Waals surface area contributed by atoms with Crippen molar-refractivity contribution < 1.29 is 19.3 Å². The molecule has 8 nitrogen and oxygen atoms in total. The largest absolute Gasteiger partial charge is 0.393 e. The predicted octanol–water partition coefficient (Wildman–Crippen LogP) is -0.100. The Morgan fingerprint density at radius 1 is 1.64 bits per heavy atom. The number of aliphatic hydroxyl groups is 2. The van der Waals surface area contributed by atoms with Crippen molar-refractivity contribution in [1.82, 2.24) is 19.5 Å². The molecule has 0 bridgehead atoms. The molecular weight excluding hydrogens is 293 g/mol. The highest BCUT2D eigenvalue weighted by atomic mass is 19.1. The van der Waals surface area contributed by atoms with Crippen molar-refractivity contribution in [2.24, 2.45) is 0 Å². The number of halogens is 1. The van der Waals surface area contributed by atoms with Gasteiger partial charge in [0.25, 0.3) is 0 Å². The Kier molecular flexibility index (Phi) is 3.42. The van der Waals surface area contributed by atoms with E-state index in [0.717, 1.165) is 0 Å². The number of fused-ring (bicyclic) bond motifs is 1. The zero-order valence-corrected chi connectivity index (χ0v) is 11.5. The Morgan fingerprint density at radius 2 is 2.41 bits per heavy atom. The molecule has 1 saturated heterocycles. The Morgan fingerprint density at radius 3 is 3.09 bits per heavy atom. The molecule has 0 amide bonds. The van der Waals surface area contributed by atoms with Gasteiger partial charge in [0.15, 0.2) is 17.0 Å². The van der Waals surface area contributed by atoms with E-state index in [2.05, 4.69) is 27.3 Å². The topological polar surface area (TPSA) is 119 Å². The van der Waals surface area contributed by atoms with E-state index in [0.29, 0.717) is 0 Å². The molecule has 2 aromatic heterocycles. The molecule has 0 aliphatic carbocycles. The van der Waals surface area contributed by atoms with Crippen LogP contribution in [0.5, 0.6) is 0 Å². The van der Waals surface area contributed by atoms with Crippen molar-refractivity contribution in [2.75, 3.05) is 12.3 Å². The summed E-state index contributed by atoms with van der Waals surface area (Å²) >= 11 is 0. The number of imidazole rings is 1. The highest BCUT2D eigenvalue weighted by Crippen LogP contribution is 2.38. The Hall–Kier alpha value is -2.32. The minimum atomic E-state index is -1.32. The molecule has 0 aromatic carbocycles. The lowest BCUT2D eigenvalue weighted by molar-refractivity contribution is -0.0954. The fourth-order valence-electron chi connectivity index (χ4n) is 2.55. The first-order valence-electron chi connectivity index (χ1n) is 6.50. The zero-order chi connectivity index (χ0) is 15.9. The van der Waals surface area contributed by atoms with E-state index in [-0.39, 0.29) is 23.4 Å². The lowest BCUT2D eigenvalue weighted by atomic mass is 9.98. The van der Waals surface area contributed by atoms with Crippen molar-refractivity contribution >= 4 is 17.0 Å². The van der Waals surface area contributed by atoms with E-state index in [1.807, 2.05) is 0 Å². The summed E-state index contributed by atoms with van der Waals surface area (Å²) in [6.07, 6.45) is 0.210.